The fourth-order valence-electron chi connectivity index (χ4n) is 1.55. The number of hydrogen-bond donors (Lipinski definition) is 1. The third-order valence-corrected chi connectivity index (χ3v) is 2.63. The molecule has 0 saturated carbocycles. The van der Waals surface area contributed by atoms with Crippen LogP contribution in [-0.2, 0) is 11.3 Å². The molecule has 84 valence electrons. The monoisotopic (exact) mass is 209 g/mol. The molecule has 0 amide bonds. The van der Waals surface area contributed by atoms with Gasteiger partial charge >= 0.3 is 0 Å². The van der Waals surface area contributed by atoms with E-state index in [2.05, 4.69) is 25.2 Å². The van der Waals surface area contributed by atoms with Crippen molar-refractivity contribution in [1.82, 2.24) is 5.32 Å². The maximum absolute atomic E-state index is 5.26. The Bertz CT molecular complexity index is 324. The molecule has 0 aliphatic rings. The Labute approximate surface area is 91.4 Å². The lowest BCUT2D eigenvalue weighted by atomic mass is 10.0. The first-order valence-electron chi connectivity index (χ1n) is 5.03. The first kappa shape index (κ1) is 12.0. The summed E-state index contributed by atoms with van der Waals surface area (Å²) in [4.78, 5) is 0. The normalized spacial score (nSPS) is 10.4. The second-order valence-corrected chi connectivity index (χ2v) is 3.54. The van der Waals surface area contributed by atoms with Gasteiger partial charge in [0.1, 0.15) is 5.75 Å². The second kappa shape index (κ2) is 5.73. The number of benzene rings is 1. The molecule has 15 heavy (non-hydrogen) atoms. The average Bonchev–Trinajstić information content (AvgIpc) is 2.25. The fourth-order valence-corrected chi connectivity index (χ4v) is 1.55. The van der Waals surface area contributed by atoms with E-state index in [9.17, 15) is 0 Å². The van der Waals surface area contributed by atoms with Crippen LogP contribution >= 0.6 is 0 Å². The van der Waals surface area contributed by atoms with Gasteiger partial charge in [0.15, 0.2) is 0 Å². The summed E-state index contributed by atoms with van der Waals surface area (Å²) < 4.78 is 10.2. The average molecular weight is 209 g/mol. The van der Waals surface area contributed by atoms with E-state index in [1.807, 2.05) is 6.07 Å². The minimum absolute atomic E-state index is 0.574. The molecule has 0 aliphatic carbocycles. The van der Waals surface area contributed by atoms with E-state index in [-0.39, 0.29) is 0 Å². The van der Waals surface area contributed by atoms with Crippen molar-refractivity contribution in [2.75, 3.05) is 21.0 Å². The van der Waals surface area contributed by atoms with Crippen molar-refractivity contribution < 1.29 is 9.47 Å². The first-order chi connectivity index (χ1) is 7.20. The lowest BCUT2D eigenvalue weighted by Crippen LogP contribution is -2.16. The van der Waals surface area contributed by atoms with Crippen molar-refractivity contribution in [2.45, 2.75) is 20.4 Å². The number of ether oxygens (including phenoxy) is 2. The summed E-state index contributed by atoms with van der Waals surface area (Å²) in [5.74, 6) is 0.947. The van der Waals surface area contributed by atoms with Crippen LogP contribution in [0, 0.1) is 13.8 Å². The summed E-state index contributed by atoms with van der Waals surface area (Å²) in [7, 11) is 3.38. The Morgan fingerprint density at radius 3 is 2.47 bits per heavy atom. The second-order valence-electron chi connectivity index (χ2n) is 3.54. The van der Waals surface area contributed by atoms with Crippen molar-refractivity contribution in [2.24, 2.45) is 0 Å². The van der Waals surface area contributed by atoms with Crippen molar-refractivity contribution in [3.05, 3.63) is 28.8 Å². The standard InChI is InChI=1S/C12H19NO2/c1-9-10(2)12(15-4)6-5-11(9)7-13-8-14-3/h5-6,13H,7-8H2,1-4H3. The minimum Gasteiger partial charge on any atom is -0.496 e. The summed E-state index contributed by atoms with van der Waals surface area (Å²) in [6.07, 6.45) is 0. The van der Waals surface area contributed by atoms with E-state index in [0.717, 1.165) is 12.3 Å². The molecule has 0 spiro atoms. The van der Waals surface area contributed by atoms with Crippen molar-refractivity contribution >= 4 is 0 Å². The molecule has 0 unspecified atom stereocenters. The Kier molecular flexibility index (Phi) is 4.59. The van der Waals surface area contributed by atoms with Gasteiger partial charge in [-0.1, -0.05) is 6.07 Å². The van der Waals surface area contributed by atoms with Gasteiger partial charge in [-0.05, 0) is 36.6 Å². The molecule has 1 aromatic carbocycles. The zero-order valence-electron chi connectivity index (χ0n) is 9.89. The molecule has 0 radical (unpaired) electrons. The van der Waals surface area contributed by atoms with Crippen LogP contribution in [0.5, 0.6) is 5.75 Å². The number of rotatable bonds is 5. The Balaban J connectivity index is 2.77. The van der Waals surface area contributed by atoms with Gasteiger partial charge in [0.2, 0.25) is 0 Å². The highest BCUT2D eigenvalue weighted by molar-refractivity contribution is 5.43. The van der Waals surface area contributed by atoms with Crippen LogP contribution in [0.2, 0.25) is 0 Å². The summed E-state index contributed by atoms with van der Waals surface area (Å²) in [6.45, 7) is 5.59. The van der Waals surface area contributed by atoms with Crippen LogP contribution < -0.4 is 10.1 Å². The predicted molar refractivity (Wildman–Crippen MR) is 61.2 cm³/mol. The molecule has 3 nitrogen and oxygen atoms in total. The van der Waals surface area contributed by atoms with Gasteiger partial charge in [-0.2, -0.15) is 0 Å². The maximum Gasteiger partial charge on any atom is 0.122 e. The lowest BCUT2D eigenvalue weighted by Gasteiger charge is -2.12. The molecule has 1 N–H and O–H groups in total. The molecule has 1 rings (SSSR count). The third-order valence-electron chi connectivity index (χ3n) is 2.63. The molecular formula is C12H19NO2. The fraction of sp³-hybridized carbons (Fsp3) is 0.500. The zero-order valence-corrected chi connectivity index (χ0v) is 9.89. The smallest absolute Gasteiger partial charge is 0.122 e. The van der Waals surface area contributed by atoms with Crippen molar-refractivity contribution in [3.8, 4) is 5.75 Å². The van der Waals surface area contributed by atoms with Crippen LogP contribution in [0.4, 0.5) is 0 Å². The third kappa shape index (κ3) is 2.94. The summed E-state index contributed by atoms with van der Waals surface area (Å²) in [5, 5.41) is 3.19. The van der Waals surface area contributed by atoms with E-state index in [4.69, 9.17) is 9.47 Å². The van der Waals surface area contributed by atoms with Crippen LogP contribution in [0.1, 0.15) is 16.7 Å². The molecule has 0 atom stereocenters. The van der Waals surface area contributed by atoms with Gasteiger partial charge in [-0.15, -0.1) is 0 Å². The molecule has 3 heteroatoms. The van der Waals surface area contributed by atoms with Gasteiger partial charge in [0, 0.05) is 13.7 Å². The van der Waals surface area contributed by atoms with Crippen LogP contribution in [0.3, 0.4) is 0 Å². The zero-order chi connectivity index (χ0) is 11.3. The molecule has 0 heterocycles. The number of nitrogens with one attached hydrogen (secondary N) is 1. The predicted octanol–water partition coefficient (Wildman–Crippen LogP) is 2.01. The highest BCUT2D eigenvalue weighted by Crippen LogP contribution is 2.23. The highest BCUT2D eigenvalue weighted by atomic mass is 16.5. The Morgan fingerprint density at radius 1 is 1.13 bits per heavy atom. The Hall–Kier alpha value is -1.06. The lowest BCUT2D eigenvalue weighted by molar-refractivity contribution is 0.174. The minimum atomic E-state index is 0.574. The van der Waals surface area contributed by atoms with E-state index in [0.29, 0.717) is 6.73 Å². The Morgan fingerprint density at radius 2 is 1.87 bits per heavy atom. The largest absolute Gasteiger partial charge is 0.496 e. The summed E-state index contributed by atoms with van der Waals surface area (Å²) in [6, 6.07) is 4.09. The van der Waals surface area contributed by atoms with Gasteiger partial charge < -0.3 is 9.47 Å². The van der Waals surface area contributed by atoms with E-state index < -0.39 is 0 Å². The highest BCUT2D eigenvalue weighted by Gasteiger charge is 2.05. The maximum atomic E-state index is 5.26. The van der Waals surface area contributed by atoms with E-state index >= 15 is 0 Å². The van der Waals surface area contributed by atoms with Crippen molar-refractivity contribution in [3.63, 3.8) is 0 Å². The summed E-state index contributed by atoms with van der Waals surface area (Å²) in [5.41, 5.74) is 3.76. The van der Waals surface area contributed by atoms with Crippen LogP contribution in [0.15, 0.2) is 12.1 Å². The number of hydrogen-bond acceptors (Lipinski definition) is 3. The molecule has 1 aromatic rings. The van der Waals surface area contributed by atoms with Gasteiger partial charge in [0.25, 0.3) is 0 Å². The molecule has 0 bridgehead atoms. The number of methoxy groups -OCH3 is 2. The van der Waals surface area contributed by atoms with Crippen LogP contribution in [-0.4, -0.2) is 21.0 Å². The quantitative estimate of drug-likeness (QED) is 0.594. The molecule has 0 saturated heterocycles. The van der Waals surface area contributed by atoms with Gasteiger partial charge in [-0.25, -0.2) is 0 Å². The molecule has 0 aromatic heterocycles. The van der Waals surface area contributed by atoms with Gasteiger partial charge in [-0.3, -0.25) is 5.32 Å². The topological polar surface area (TPSA) is 30.5 Å². The van der Waals surface area contributed by atoms with Gasteiger partial charge in [0.05, 0.1) is 13.8 Å². The molecular weight excluding hydrogens is 190 g/mol. The van der Waals surface area contributed by atoms with E-state index in [1.54, 1.807) is 14.2 Å². The molecule has 0 aliphatic heterocycles. The van der Waals surface area contributed by atoms with E-state index in [1.165, 1.54) is 16.7 Å². The van der Waals surface area contributed by atoms with Crippen LogP contribution in [0.25, 0.3) is 0 Å². The molecule has 0 fully saturated rings. The summed E-state index contributed by atoms with van der Waals surface area (Å²) >= 11 is 0. The SMILES string of the molecule is COCNCc1ccc(OC)c(C)c1C. The van der Waals surface area contributed by atoms with Crippen molar-refractivity contribution in [1.29, 1.82) is 0 Å². The first-order valence-corrected chi connectivity index (χ1v) is 5.03.